The first-order chi connectivity index (χ1) is 9.14. The van der Waals surface area contributed by atoms with E-state index in [0.29, 0.717) is 11.3 Å². The molecule has 2 rings (SSSR count). The second-order valence-electron chi connectivity index (χ2n) is 6.30. The van der Waals surface area contributed by atoms with Crippen LogP contribution < -0.4 is 5.73 Å². The number of thioether (sulfide) groups is 1. The summed E-state index contributed by atoms with van der Waals surface area (Å²) in [6.45, 7) is 9.22. The van der Waals surface area contributed by atoms with Gasteiger partial charge in [-0.05, 0) is 45.0 Å². The van der Waals surface area contributed by atoms with E-state index in [1.165, 1.54) is 51.1 Å². The van der Waals surface area contributed by atoms with Gasteiger partial charge in [0.2, 0.25) is 0 Å². The molecular weight excluding hydrogens is 254 g/mol. The molecule has 0 amide bonds. The Kier molecular flexibility index (Phi) is 5.58. The summed E-state index contributed by atoms with van der Waals surface area (Å²) in [6, 6.07) is 0.678. The van der Waals surface area contributed by atoms with Gasteiger partial charge in [-0.15, -0.1) is 0 Å². The first kappa shape index (κ1) is 15.6. The Morgan fingerprint density at radius 1 is 1.32 bits per heavy atom. The van der Waals surface area contributed by atoms with Crippen LogP contribution in [0.1, 0.15) is 39.5 Å². The van der Waals surface area contributed by atoms with E-state index in [1.807, 2.05) is 0 Å². The highest BCUT2D eigenvalue weighted by Crippen LogP contribution is 2.40. The topological polar surface area (TPSA) is 32.5 Å². The van der Waals surface area contributed by atoms with Crippen LogP contribution in [0.15, 0.2) is 0 Å². The van der Waals surface area contributed by atoms with E-state index in [2.05, 4.69) is 42.5 Å². The monoisotopic (exact) mass is 285 g/mol. The summed E-state index contributed by atoms with van der Waals surface area (Å²) in [5.41, 5.74) is 6.54. The van der Waals surface area contributed by atoms with Gasteiger partial charge in [-0.25, -0.2) is 0 Å². The van der Waals surface area contributed by atoms with Crippen molar-refractivity contribution in [3.8, 4) is 0 Å². The molecule has 3 atom stereocenters. The summed E-state index contributed by atoms with van der Waals surface area (Å²) in [5, 5.41) is 0.670. The Labute approximate surface area is 123 Å². The quantitative estimate of drug-likeness (QED) is 0.860. The highest BCUT2D eigenvalue weighted by atomic mass is 32.2. The molecule has 0 saturated carbocycles. The normalized spacial score (nSPS) is 39.2. The van der Waals surface area contributed by atoms with Crippen LogP contribution in [0.3, 0.4) is 0 Å². The van der Waals surface area contributed by atoms with Gasteiger partial charge in [0, 0.05) is 36.5 Å². The number of likely N-dealkylation sites (N-methyl/N-ethyl adjacent to an activating group) is 1. The second-order valence-corrected chi connectivity index (χ2v) is 7.74. The number of nitrogens with two attached hydrogens (primary N) is 1. The summed E-state index contributed by atoms with van der Waals surface area (Å²) < 4.78 is 0. The molecule has 0 aromatic rings. The predicted molar refractivity (Wildman–Crippen MR) is 85.8 cm³/mol. The zero-order valence-corrected chi connectivity index (χ0v) is 13.7. The largest absolute Gasteiger partial charge is 0.329 e. The lowest BCUT2D eigenvalue weighted by molar-refractivity contribution is 0.0379. The summed E-state index contributed by atoms with van der Waals surface area (Å²) in [6.07, 6.45) is 5.14. The lowest BCUT2D eigenvalue weighted by Crippen LogP contribution is -2.64. The standard InChI is InChI=1S/C15H31N3S/c1-4-14-11-17(3)8-6-9-18(14)15(12-16)7-5-10-19-13(15)2/h13-14H,4-12,16H2,1-3H3. The van der Waals surface area contributed by atoms with E-state index in [1.54, 1.807) is 0 Å². The summed E-state index contributed by atoms with van der Waals surface area (Å²) in [5.74, 6) is 1.31. The minimum atomic E-state index is 0.245. The van der Waals surface area contributed by atoms with E-state index in [-0.39, 0.29) is 5.54 Å². The number of nitrogens with zero attached hydrogens (tertiary/aromatic N) is 2. The molecule has 112 valence electrons. The summed E-state index contributed by atoms with van der Waals surface area (Å²) >= 11 is 2.13. The third-order valence-corrected chi connectivity index (χ3v) is 6.64. The van der Waals surface area contributed by atoms with Crippen molar-refractivity contribution < 1.29 is 0 Å². The zero-order chi connectivity index (χ0) is 13.9. The van der Waals surface area contributed by atoms with Gasteiger partial charge in [-0.3, -0.25) is 4.90 Å². The van der Waals surface area contributed by atoms with Crippen molar-refractivity contribution in [1.82, 2.24) is 9.80 Å². The minimum absolute atomic E-state index is 0.245. The molecule has 2 aliphatic rings. The highest BCUT2D eigenvalue weighted by molar-refractivity contribution is 8.00. The molecule has 0 spiro atoms. The van der Waals surface area contributed by atoms with Crippen molar-refractivity contribution in [3.05, 3.63) is 0 Å². The molecule has 19 heavy (non-hydrogen) atoms. The summed E-state index contributed by atoms with van der Waals surface area (Å²) in [4.78, 5) is 5.30. The van der Waals surface area contributed by atoms with Gasteiger partial charge in [0.15, 0.2) is 0 Å². The average Bonchev–Trinajstić information content (AvgIpc) is 2.61. The van der Waals surface area contributed by atoms with Crippen molar-refractivity contribution >= 4 is 11.8 Å². The van der Waals surface area contributed by atoms with Crippen LogP contribution in [0, 0.1) is 0 Å². The molecule has 4 heteroatoms. The molecule has 3 nitrogen and oxygen atoms in total. The molecule has 0 aromatic carbocycles. The van der Waals surface area contributed by atoms with Crippen LogP contribution in [0.5, 0.6) is 0 Å². The molecule has 2 aliphatic heterocycles. The Morgan fingerprint density at radius 2 is 2.11 bits per heavy atom. The fourth-order valence-corrected chi connectivity index (χ4v) is 5.26. The van der Waals surface area contributed by atoms with E-state index >= 15 is 0 Å². The summed E-state index contributed by atoms with van der Waals surface area (Å²) in [7, 11) is 2.26. The molecular formula is C15H31N3S. The van der Waals surface area contributed by atoms with Crippen LogP contribution in [-0.4, -0.2) is 65.6 Å². The van der Waals surface area contributed by atoms with Gasteiger partial charge in [0.05, 0.1) is 0 Å². The van der Waals surface area contributed by atoms with E-state index in [9.17, 15) is 0 Å². The molecule has 2 N–H and O–H groups in total. The lowest BCUT2D eigenvalue weighted by Gasteiger charge is -2.52. The number of hydrogen-bond acceptors (Lipinski definition) is 4. The van der Waals surface area contributed by atoms with Gasteiger partial charge >= 0.3 is 0 Å². The molecule has 2 fully saturated rings. The Morgan fingerprint density at radius 3 is 2.74 bits per heavy atom. The molecule has 0 bridgehead atoms. The zero-order valence-electron chi connectivity index (χ0n) is 12.9. The maximum atomic E-state index is 6.29. The van der Waals surface area contributed by atoms with Crippen molar-refractivity contribution in [2.75, 3.05) is 39.0 Å². The van der Waals surface area contributed by atoms with E-state index in [0.717, 1.165) is 6.54 Å². The molecule has 3 unspecified atom stereocenters. The van der Waals surface area contributed by atoms with Crippen LogP contribution >= 0.6 is 11.8 Å². The van der Waals surface area contributed by atoms with Gasteiger partial charge < -0.3 is 10.6 Å². The smallest absolute Gasteiger partial charge is 0.0451 e. The maximum absolute atomic E-state index is 6.29. The molecule has 0 aliphatic carbocycles. The maximum Gasteiger partial charge on any atom is 0.0451 e. The van der Waals surface area contributed by atoms with Crippen LogP contribution in [-0.2, 0) is 0 Å². The van der Waals surface area contributed by atoms with Crippen molar-refractivity contribution in [1.29, 1.82) is 0 Å². The molecule has 0 aromatic heterocycles. The Bertz CT molecular complexity index is 287. The fourth-order valence-electron chi connectivity index (χ4n) is 3.94. The molecule has 0 radical (unpaired) electrons. The number of rotatable bonds is 3. The third-order valence-electron chi connectivity index (χ3n) is 5.18. The van der Waals surface area contributed by atoms with Gasteiger partial charge in [0.25, 0.3) is 0 Å². The second kappa shape index (κ2) is 6.79. The average molecular weight is 286 g/mol. The SMILES string of the molecule is CCC1CN(C)CCCN1C1(CN)CCCSC1C. The number of hydrogen-bond donors (Lipinski definition) is 1. The Hall–Kier alpha value is 0.230. The van der Waals surface area contributed by atoms with Gasteiger partial charge in [-0.1, -0.05) is 13.8 Å². The van der Waals surface area contributed by atoms with Gasteiger partial charge in [0.1, 0.15) is 0 Å². The lowest BCUT2D eigenvalue weighted by atomic mass is 9.85. The van der Waals surface area contributed by atoms with Crippen molar-refractivity contribution in [2.45, 2.75) is 56.4 Å². The predicted octanol–water partition coefficient (Wildman–Crippen LogP) is 2.02. The Balaban J connectivity index is 2.23. The molecule has 2 heterocycles. The molecule has 2 saturated heterocycles. The van der Waals surface area contributed by atoms with Crippen LogP contribution in [0.2, 0.25) is 0 Å². The van der Waals surface area contributed by atoms with E-state index < -0.39 is 0 Å². The highest BCUT2D eigenvalue weighted by Gasteiger charge is 2.45. The first-order valence-electron chi connectivity index (χ1n) is 7.91. The fraction of sp³-hybridized carbons (Fsp3) is 1.00. The van der Waals surface area contributed by atoms with Crippen LogP contribution in [0.25, 0.3) is 0 Å². The van der Waals surface area contributed by atoms with E-state index in [4.69, 9.17) is 5.73 Å². The minimum Gasteiger partial charge on any atom is -0.329 e. The first-order valence-corrected chi connectivity index (χ1v) is 8.96. The van der Waals surface area contributed by atoms with Crippen molar-refractivity contribution in [3.63, 3.8) is 0 Å². The van der Waals surface area contributed by atoms with Crippen molar-refractivity contribution in [2.24, 2.45) is 5.73 Å². The third kappa shape index (κ3) is 3.12. The van der Waals surface area contributed by atoms with Gasteiger partial charge in [-0.2, -0.15) is 11.8 Å². The van der Waals surface area contributed by atoms with Crippen LogP contribution in [0.4, 0.5) is 0 Å².